The average molecular weight is 255 g/mol. The SMILES string of the molecule is Cn1c([N+](=O)[O-])cnc1CC(S)c1nnco1. The number of nitrogens with zero attached hydrogens (tertiary/aromatic N) is 5. The number of aromatic nitrogens is 4. The maximum Gasteiger partial charge on any atom is 0.342 e. The average Bonchev–Trinajstić information content (AvgIpc) is 2.89. The van der Waals surface area contributed by atoms with E-state index >= 15 is 0 Å². The van der Waals surface area contributed by atoms with Crippen LogP contribution in [0.15, 0.2) is 17.0 Å². The summed E-state index contributed by atoms with van der Waals surface area (Å²) in [6, 6.07) is 0. The van der Waals surface area contributed by atoms with Gasteiger partial charge in [0.15, 0.2) is 5.82 Å². The highest BCUT2D eigenvalue weighted by Crippen LogP contribution is 2.23. The van der Waals surface area contributed by atoms with E-state index in [2.05, 4.69) is 27.8 Å². The lowest BCUT2D eigenvalue weighted by Crippen LogP contribution is -2.05. The van der Waals surface area contributed by atoms with Gasteiger partial charge in [-0.25, -0.2) is 9.55 Å². The molecule has 0 aromatic carbocycles. The molecule has 0 aliphatic heterocycles. The van der Waals surface area contributed by atoms with Crippen LogP contribution in [0.5, 0.6) is 0 Å². The Hall–Kier alpha value is -1.90. The molecular weight excluding hydrogens is 246 g/mol. The quantitative estimate of drug-likeness (QED) is 0.495. The van der Waals surface area contributed by atoms with Crippen molar-refractivity contribution in [3.63, 3.8) is 0 Å². The highest BCUT2D eigenvalue weighted by atomic mass is 32.1. The fourth-order valence-electron chi connectivity index (χ4n) is 1.38. The number of rotatable bonds is 4. The van der Waals surface area contributed by atoms with Crippen molar-refractivity contribution in [3.8, 4) is 0 Å². The summed E-state index contributed by atoms with van der Waals surface area (Å²) < 4.78 is 6.39. The standard InChI is InChI=1S/C8H9N5O3S/c1-12-6(9-3-7(12)13(14)15)2-5(17)8-11-10-4-16-8/h3-5,17H,2H2,1H3. The van der Waals surface area contributed by atoms with Crippen molar-refractivity contribution in [2.45, 2.75) is 11.7 Å². The molecule has 8 nitrogen and oxygen atoms in total. The molecule has 0 aliphatic carbocycles. The first-order chi connectivity index (χ1) is 8.09. The number of imidazole rings is 1. The molecule has 17 heavy (non-hydrogen) atoms. The van der Waals surface area contributed by atoms with E-state index in [4.69, 9.17) is 4.42 Å². The number of thiol groups is 1. The summed E-state index contributed by atoms with van der Waals surface area (Å²) in [7, 11) is 1.58. The van der Waals surface area contributed by atoms with Crippen LogP contribution in [0.4, 0.5) is 5.82 Å². The van der Waals surface area contributed by atoms with Crippen molar-refractivity contribution < 1.29 is 9.34 Å². The second-order valence-corrected chi connectivity index (χ2v) is 3.97. The molecule has 2 rings (SSSR count). The van der Waals surface area contributed by atoms with Gasteiger partial charge in [-0.15, -0.1) is 10.2 Å². The lowest BCUT2D eigenvalue weighted by molar-refractivity contribution is -0.391. The molecule has 1 unspecified atom stereocenters. The molecule has 0 bridgehead atoms. The van der Waals surface area contributed by atoms with Crippen LogP contribution in [-0.2, 0) is 13.5 Å². The molecule has 0 radical (unpaired) electrons. The van der Waals surface area contributed by atoms with Crippen LogP contribution in [0.2, 0.25) is 0 Å². The van der Waals surface area contributed by atoms with E-state index in [1.54, 1.807) is 7.05 Å². The molecule has 0 aliphatic rings. The fourth-order valence-corrected chi connectivity index (χ4v) is 1.66. The Morgan fingerprint density at radius 2 is 2.47 bits per heavy atom. The zero-order valence-electron chi connectivity index (χ0n) is 8.85. The lowest BCUT2D eigenvalue weighted by atomic mass is 10.3. The minimum absolute atomic E-state index is 0.0638. The van der Waals surface area contributed by atoms with Crippen LogP contribution in [-0.4, -0.2) is 24.7 Å². The highest BCUT2D eigenvalue weighted by molar-refractivity contribution is 7.80. The molecule has 2 heterocycles. The van der Waals surface area contributed by atoms with Gasteiger partial charge < -0.3 is 14.5 Å². The van der Waals surface area contributed by atoms with Gasteiger partial charge in [-0.2, -0.15) is 12.6 Å². The van der Waals surface area contributed by atoms with Crippen LogP contribution in [0.25, 0.3) is 0 Å². The first-order valence-electron chi connectivity index (χ1n) is 4.68. The van der Waals surface area contributed by atoms with Crippen LogP contribution in [0.1, 0.15) is 17.0 Å². The molecule has 2 aromatic rings. The van der Waals surface area contributed by atoms with E-state index in [0.717, 1.165) is 0 Å². The van der Waals surface area contributed by atoms with Crippen LogP contribution in [0.3, 0.4) is 0 Å². The molecule has 0 saturated heterocycles. The van der Waals surface area contributed by atoms with E-state index in [1.165, 1.54) is 17.2 Å². The molecule has 1 atom stereocenters. The zero-order valence-corrected chi connectivity index (χ0v) is 9.74. The fraction of sp³-hybridized carbons (Fsp3) is 0.375. The third-order valence-electron chi connectivity index (χ3n) is 2.28. The maximum atomic E-state index is 10.6. The third kappa shape index (κ3) is 2.28. The number of nitro groups is 1. The first kappa shape index (κ1) is 11.6. The predicted molar refractivity (Wildman–Crippen MR) is 59.6 cm³/mol. The molecule has 0 spiro atoms. The van der Waals surface area contributed by atoms with Gasteiger partial charge >= 0.3 is 5.82 Å². The molecule has 0 fully saturated rings. The van der Waals surface area contributed by atoms with E-state index in [1.807, 2.05) is 0 Å². The van der Waals surface area contributed by atoms with Crippen molar-refractivity contribution >= 4 is 18.4 Å². The van der Waals surface area contributed by atoms with Crippen LogP contribution in [0, 0.1) is 10.1 Å². The monoisotopic (exact) mass is 255 g/mol. The first-order valence-corrected chi connectivity index (χ1v) is 5.20. The topological polar surface area (TPSA) is 99.9 Å². The van der Waals surface area contributed by atoms with Crippen molar-refractivity contribution in [1.82, 2.24) is 19.7 Å². The Morgan fingerprint density at radius 1 is 1.71 bits per heavy atom. The Bertz CT molecular complexity index is 523. The van der Waals surface area contributed by atoms with Gasteiger partial charge in [0, 0.05) is 6.42 Å². The summed E-state index contributed by atoms with van der Waals surface area (Å²) in [5.41, 5.74) is 0. The second kappa shape index (κ2) is 4.53. The van der Waals surface area contributed by atoms with Gasteiger partial charge in [0.25, 0.3) is 0 Å². The molecule has 9 heteroatoms. The smallest absolute Gasteiger partial charge is 0.342 e. The summed E-state index contributed by atoms with van der Waals surface area (Å²) >= 11 is 4.29. The van der Waals surface area contributed by atoms with E-state index in [9.17, 15) is 10.1 Å². The number of hydrogen-bond acceptors (Lipinski definition) is 7. The van der Waals surface area contributed by atoms with Gasteiger partial charge in [-0.3, -0.25) is 0 Å². The highest BCUT2D eigenvalue weighted by Gasteiger charge is 2.21. The molecule has 0 N–H and O–H groups in total. The third-order valence-corrected chi connectivity index (χ3v) is 2.69. The summed E-state index contributed by atoms with van der Waals surface area (Å²) in [4.78, 5) is 14.1. The normalized spacial score (nSPS) is 12.6. The Labute approximate surface area is 101 Å². The van der Waals surface area contributed by atoms with Gasteiger partial charge in [-0.05, 0) is 4.92 Å². The van der Waals surface area contributed by atoms with Crippen molar-refractivity contribution in [3.05, 3.63) is 34.4 Å². The Balaban J connectivity index is 2.17. The predicted octanol–water partition coefficient (Wildman–Crippen LogP) is 0.925. The lowest BCUT2D eigenvalue weighted by Gasteiger charge is -2.03. The minimum atomic E-state index is -0.489. The Morgan fingerprint density at radius 3 is 3.00 bits per heavy atom. The van der Waals surface area contributed by atoms with Crippen molar-refractivity contribution in [1.29, 1.82) is 0 Å². The zero-order chi connectivity index (χ0) is 12.4. The molecule has 0 amide bonds. The summed E-state index contributed by atoms with van der Waals surface area (Å²) in [6.45, 7) is 0. The van der Waals surface area contributed by atoms with Crippen LogP contribution < -0.4 is 0 Å². The van der Waals surface area contributed by atoms with Crippen molar-refractivity contribution in [2.24, 2.45) is 7.05 Å². The molecule has 0 saturated carbocycles. The summed E-state index contributed by atoms with van der Waals surface area (Å²) in [6.07, 6.45) is 2.79. The minimum Gasteiger partial charge on any atom is -0.427 e. The Kier molecular flexibility index (Phi) is 3.09. The summed E-state index contributed by atoms with van der Waals surface area (Å²) in [5, 5.41) is 17.6. The van der Waals surface area contributed by atoms with E-state index < -0.39 is 4.92 Å². The second-order valence-electron chi connectivity index (χ2n) is 3.35. The van der Waals surface area contributed by atoms with Gasteiger partial charge in [0.2, 0.25) is 12.3 Å². The van der Waals surface area contributed by atoms with Gasteiger partial charge in [-0.1, -0.05) is 0 Å². The molecule has 2 aromatic heterocycles. The van der Waals surface area contributed by atoms with Crippen molar-refractivity contribution in [2.75, 3.05) is 0 Å². The largest absolute Gasteiger partial charge is 0.427 e. The molecule has 90 valence electrons. The van der Waals surface area contributed by atoms with E-state index in [-0.39, 0.29) is 11.1 Å². The van der Waals surface area contributed by atoms with Gasteiger partial charge in [0.05, 0.1) is 12.3 Å². The van der Waals surface area contributed by atoms with Gasteiger partial charge in [0.1, 0.15) is 6.20 Å². The van der Waals surface area contributed by atoms with E-state index in [0.29, 0.717) is 18.1 Å². The number of hydrogen-bond donors (Lipinski definition) is 1. The summed E-state index contributed by atoms with van der Waals surface area (Å²) in [5.74, 6) is 0.833. The van der Waals surface area contributed by atoms with Crippen LogP contribution >= 0.6 is 12.6 Å². The molecular formula is C8H9N5O3S. The maximum absolute atomic E-state index is 10.6.